The third-order valence-corrected chi connectivity index (χ3v) is 6.19. The largest absolute Gasteiger partial charge is 0.321 e. The average molecular weight is 437 g/mol. The Labute approximate surface area is 179 Å². The number of hydrogen-bond donors (Lipinski definition) is 2. The molecular weight excluding hydrogens is 420 g/mol. The van der Waals surface area contributed by atoms with Crippen LogP contribution in [0.1, 0.15) is 10.4 Å². The molecule has 150 valence electrons. The lowest BCUT2D eigenvalue weighted by Gasteiger charge is -2.11. The van der Waals surface area contributed by atoms with Gasteiger partial charge in [-0.3, -0.25) is 9.52 Å². The van der Waals surface area contributed by atoms with Gasteiger partial charge in [-0.05, 0) is 53.9 Å². The number of anilines is 2. The Morgan fingerprint density at radius 1 is 0.800 bits per heavy atom. The maximum atomic E-state index is 12.8. The van der Waals surface area contributed by atoms with E-state index in [9.17, 15) is 13.2 Å². The molecule has 0 aromatic heterocycles. The maximum Gasteiger partial charge on any atom is 0.261 e. The van der Waals surface area contributed by atoms with Crippen molar-refractivity contribution in [3.8, 4) is 0 Å². The molecule has 0 aliphatic rings. The number of benzene rings is 4. The number of halogens is 1. The standard InChI is InChI=1S/C23H17ClN2O3S/c24-18-11-13-20(14-12-18)30(28,29)26-19-8-3-7-17(15-19)23(27)25-22-10-4-6-16-5-1-2-9-21(16)22/h1-15,26H,(H,25,27). The number of amides is 1. The second-order valence-corrected chi connectivity index (χ2v) is 8.74. The summed E-state index contributed by atoms with van der Waals surface area (Å²) in [7, 11) is -3.80. The minimum Gasteiger partial charge on any atom is -0.321 e. The van der Waals surface area contributed by atoms with E-state index in [4.69, 9.17) is 11.6 Å². The zero-order chi connectivity index (χ0) is 21.1. The van der Waals surface area contributed by atoms with Crippen LogP contribution in [0.15, 0.2) is 95.9 Å². The Balaban J connectivity index is 1.57. The molecule has 0 fully saturated rings. The van der Waals surface area contributed by atoms with Gasteiger partial charge in [0.25, 0.3) is 15.9 Å². The van der Waals surface area contributed by atoms with Crippen molar-refractivity contribution < 1.29 is 13.2 Å². The molecule has 5 nitrogen and oxygen atoms in total. The van der Waals surface area contributed by atoms with Gasteiger partial charge in [-0.1, -0.05) is 54.1 Å². The molecule has 0 saturated carbocycles. The maximum absolute atomic E-state index is 12.8. The van der Waals surface area contributed by atoms with E-state index >= 15 is 0 Å². The lowest BCUT2D eigenvalue weighted by atomic mass is 10.1. The molecule has 0 aliphatic carbocycles. The van der Waals surface area contributed by atoms with Gasteiger partial charge in [-0.25, -0.2) is 8.42 Å². The molecule has 2 N–H and O–H groups in total. The van der Waals surface area contributed by atoms with Crippen molar-refractivity contribution in [3.63, 3.8) is 0 Å². The van der Waals surface area contributed by atoms with E-state index in [0.29, 0.717) is 16.3 Å². The Bertz CT molecular complexity index is 1330. The summed E-state index contributed by atoms with van der Waals surface area (Å²) in [5.41, 5.74) is 1.31. The Morgan fingerprint density at radius 3 is 2.30 bits per heavy atom. The fraction of sp³-hybridized carbons (Fsp3) is 0. The summed E-state index contributed by atoms with van der Waals surface area (Å²) in [5, 5.41) is 5.28. The van der Waals surface area contributed by atoms with Crippen LogP contribution < -0.4 is 10.0 Å². The highest BCUT2D eigenvalue weighted by Gasteiger charge is 2.15. The van der Waals surface area contributed by atoms with Gasteiger partial charge in [-0.15, -0.1) is 0 Å². The highest BCUT2D eigenvalue weighted by atomic mass is 35.5. The molecule has 0 heterocycles. The second-order valence-electron chi connectivity index (χ2n) is 6.62. The normalized spacial score (nSPS) is 11.2. The lowest BCUT2D eigenvalue weighted by molar-refractivity contribution is 0.102. The molecule has 0 unspecified atom stereocenters. The van der Waals surface area contributed by atoms with Crippen molar-refractivity contribution in [1.29, 1.82) is 0 Å². The molecule has 0 radical (unpaired) electrons. The summed E-state index contributed by atoms with van der Waals surface area (Å²) in [6, 6.07) is 25.6. The number of rotatable bonds is 5. The number of nitrogens with one attached hydrogen (secondary N) is 2. The number of carbonyl (C=O) groups excluding carboxylic acids is 1. The Kier molecular flexibility index (Phi) is 5.44. The molecule has 4 aromatic carbocycles. The zero-order valence-corrected chi connectivity index (χ0v) is 17.2. The summed E-state index contributed by atoms with van der Waals surface area (Å²) in [4.78, 5) is 12.9. The minimum absolute atomic E-state index is 0.0810. The van der Waals surface area contributed by atoms with Crippen LogP contribution in [-0.4, -0.2) is 14.3 Å². The third-order valence-electron chi connectivity index (χ3n) is 4.54. The molecule has 1 amide bonds. The van der Waals surface area contributed by atoms with Crippen molar-refractivity contribution in [2.45, 2.75) is 4.90 Å². The minimum atomic E-state index is -3.80. The predicted molar refractivity (Wildman–Crippen MR) is 121 cm³/mol. The number of carbonyl (C=O) groups is 1. The van der Waals surface area contributed by atoms with Crippen LogP contribution in [0, 0.1) is 0 Å². The fourth-order valence-electron chi connectivity index (χ4n) is 3.08. The first-order valence-electron chi connectivity index (χ1n) is 9.10. The van der Waals surface area contributed by atoms with E-state index in [1.54, 1.807) is 18.2 Å². The number of fused-ring (bicyclic) bond motifs is 1. The summed E-state index contributed by atoms with van der Waals surface area (Å²) < 4.78 is 27.6. The molecule has 0 bridgehead atoms. The number of hydrogen-bond acceptors (Lipinski definition) is 3. The summed E-state index contributed by atoms with van der Waals surface area (Å²) in [6.45, 7) is 0. The van der Waals surface area contributed by atoms with Gasteiger partial charge < -0.3 is 5.32 Å². The van der Waals surface area contributed by atoms with Gasteiger partial charge in [0.2, 0.25) is 0 Å². The van der Waals surface area contributed by atoms with E-state index < -0.39 is 10.0 Å². The molecule has 30 heavy (non-hydrogen) atoms. The molecule has 4 aromatic rings. The van der Waals surface area contributed by atoms with Crippen LogP contribution in [0.4, 0.5) is 11.4 Å². The highest BCUT2D eigenvalue weighted by molar-refractivity contribution is 7.92. The quantitative estimate of drug-likeness (QED) is 0.431. The van der Waals surface area contributed by atoms with Crippen LogP contribution in [0.5, 0.6) is 0 Å². The van der Waals surface area contributed by atoms with Crippen molar-refractivity contribution in [1.82, 2.24) is 0 Å². The van der Waals surface area contributed by atoms with E-state index in [0.717, 1.165) is 10.8 Å². The summed E-state index contributed by atoms with van der Waals surface area (Å²) in [5.74, 6) is -0.334. The summed E-state index contributed by atoms with van der Waals surface area (Å²) in [6.07, 6.45) is 0. The van der Waals surface area contributed by atoms with Crippen LogP contribution in [0.3, 0.4) is 0 Å². The fourth-order valence-corrected chi connectivity index (χ4v) is 4.26. The van der Waals surface area contributed by atoms with E-state index in [2.05, 4.69) is 10.0 Å². The average Bonchev–Trinajstić information content (AvgIpc) is 2.74. The van der Waals surface area contributed by atoms with Crippen LogP contribution >= 0.6 is 11.6 Å². The van der Waals surface area contributed by atoms with Crippen LogP contribution in [-0.2, 0) is 10.0 Å². The molecule has 0 atom stereocenters. The van der Waals surface area contributed by atoms with Gasteiger partial charge in [0, 0.05) is 27.3 Å². The van der Waals surface area contributed by atoms with Gasteiger partial charge in [0.1, 0.15) is 0 Å². The van der Waals surface area contributed by atoms with Crippen LogP contribution in [0.2, 0.25) is 5.02 Å². The Hall–Kier alpha value is -3.35. The number of sulfonamides is 1. The first-order valence-corrected chi connectivity index (χ1v) is 11.0. The predicted octanol–water partition coefficient (Wildman–Crippen LogP) is 5.55. The van der Waals surface area contributed by atoms with E-state index in [1.165, 1.54) is 30.3 Å². The summed E-state index contributed by atoms with van der Waals surface area (Å²) >= 11 is 5.82. The van der Waals surface area contributed by atoms with Crippen molar-refractivity contribution in [2.75, 3.05) is 10.0 Å². The topological polar surface area (TPSA) is 75.3 Å². The van der Waals surface area contributed by atoms with Gasteiger partial charge in [0.15, 0.2) is 0 Å². The Morgan fingerprint density at radius 2 is 1.50 bits per heavy atom. The molecule has 4 rings (SSSR count). The smallest absolute Gasteiger partial charge is 0.261 e. The first kappa shape index (κ1) is 19.9. The van der Waals surface area contributed by atoms with Gasteiger partial charge in [0.05, 0.1) is 4.90 Å². The second kappa shape index (κ2) is 8.18. The van der Waals surface area contributed by atoms with Crippen LogP contribution in [0.25, 0.3) is 10.8 Å². The molecular formula is C23H17ClN2O3S. The highest BCUT2D eigenvalue weighted by Crippen LogP contribution is 2.24. The monoisotopic (exact) mass is 436 g/mol. The van der Waals surface area contributed by atoms with Crippen molar-refractivity contribution in [2.24, 2.45) is 0 Å². The zero-order valence-electron chi connectivity index (χ0n) is 15.7. The molecule has 0 spiro atoms. The van der Waals surface area contributed by atoms with E-state index in [1.807, 2.05) is 42.5 Å². The van der Waals surface area contributed by atoms with E-state index in [-0.39, 0.29) is 16.5 Å². The van der Waals surface area contributed by atoms with Crippen molar-refractivity contribution in [3.05, 3.63) is 102 Å². The van der Waals surface area contributed by atoms with Crippen molar-refractivity contribution >= 4 is 49.7 Å². The molecule has 0 aliphatic heterocycles. The lowest BCUT2D eigenvalue weighted by Crippen LogP contribution is -2.15. The van der Waals surface area contributed by atoms with Gasteiger partial charge in [-0.2, -0.15) is 0 Å². The third kappa shape index (κ3) is 4.30. The molecule has 7 heteroatoms. The SMILES string of the molecule is O=C(Nc1cccc2ccccc12)c1cccc(NS(=O)(=O)c2ccc(Cl)cc2)c1. The molecule has 0 saturated heterocycles. The first-order chi connectivity index (χ1) is 14.4. The van der Waals surface area contributed by atoms with Gasteiger partial charge >= 0.3 is 0 Å².